The average molecular weight is 294 g/mol. The summed E-state index contributed by atoms with van der Waals surface area (Å²) < 4.78 is 27.6. The Morgan fingerprint density at radius 1 is 1.25 bits per heavy atom. The van der Waals surface area contributed by atoms with Crippen molar-refractivity contribution in [3.63, 3.8) is 0 Å². The maximum Gasteiger partial charge on any atom is 0.243 e. The molecule has 0 atom stereocenters. The fourth-order valence-electron chi connectivity index (χ4n) is 2.65. The van der Waals surface area contributed by atoms with Crippen LogP contribution in [-0.2, 0) is 16.6 Å². The van der Waals surface area contributed by atoms with Gasteiger partial charge in [-0.1, -0.05) is 12.1 Å². The van der Waals surface area contributed by atoms with Crippen molar-refractivity contribution in [3.8, 4) is 0 Å². The summed E-state index contributed by atoms with van der Waals surface area (Å²) in [5, 5.41) is 0. The second kappa shape index (κ2) is 5.13. The number of nitrogens with two attached hydrogens (primary N) is 1. The summed E-state index contributed by atoms with van der Waals surface area (Å²) >= 11 is 0. The average Bonchev–Trinajstić information content (AvgIpc) is 3.27. The highest BCUT2D eigenvalue weighted by Crippen LogP contribution is 2.38. The van der Waals surface area contributed by atoms with Gasteiger partial charge in [0.1, 0.15) is 0 Å². The lowest BCUT2D eigenvalue weighted by molar-refractivity contribution is 0.388. The number of nitrogens with zero attached hydrogens (tertiary/aromatic N) is 1. The molecule has 1 aromatic carbocycles. The van der Waals surface area contributed by atoms with E-state index in [9.17, 15) is 8.42 Å². The van der Waals surface area contributed by atoms with E-state index in [2.05, 4.69) is 0 Å². The van der Waals surface area contributed by atoms with Crippen molar-refractivity contribution in [1.82, 2.24) is 4.31 Å². The fourth-order valence-corrected chi connectivity index (χ4v) is 4.68. The molecule has 0 aromatic heterocycles. The van der Waals surface area contributed by atoms with Crippen LogP contribution in [0.1, 0.15) is 36.8 Å². The Bertz CT molecular complexity index is 604. The molecule has 2 saturated carbocycles. The molecule has 0 radical (unpaired) electrons. The first-order chi connectivity index (χ1) is 9.54. The zero-order chi connectivity index (χ0) is 14.3. The molecule has 0 bridgehead atoms. The van der Waals surface area contributed by atoms with Crippen LogP contribution >= 0.6 is 0 Å². The van der Waals surface area contributed by atoms with Crippen LogP contribution in [-0.4, -0.2) is 25.3 Å². The Hall–Kier alpha value is -0.910. The maximum absolute atomic E-state index is 13.0. The van der Waals surface area contributed by atoms with Gasteiger partial charge in [0.25, 0.3) is 0 Å². The van der Waals surface area contributed by atoms with E-state index in [1.165, 1.54) is 12.8 Å². The molecule has 0 aliphatic heterocycles. The maximum atomic E-state index is 13.0. The molecular weight excluding hydrogens is 272 g/mol. The summed E-state index contributed by atoms with van der Waals surface area (Å²) in [5.41, 5.74) is 7.41. The van der Waals surface area contributed by atoms with Crippen LogP contribution in [0, 0.1) is 12.8 Å². The third-order valence-electron chi connectivity index (χ3n) is 4.29. The minimum Gasteiger partial charge on any atom is -0.326 e. The molecular formula is C15H22N2O2S. The monoisotopic (exact) mass is 294 g/mol. The molecule has 20 heavy (non-hydrogen) atoms. The van der Waals surface area contributed by atoms with Gasteiger partial charge >= 0.3 is 0 Å². The summed E-state index contributed by atoms with van der Waals surface area (Å²) in [5.74, 6) is 0.573. The van der Waals surface area contributed by atoms with E-state index in [4.69, 9.17) is 5.73 Å². The SMILES string of the molecule is Cc1c(CN)cccc1S(=O)(=O)N(CC1CC1)C1CC1. The molecule has 3 rings (SSSR count). The molecule has 0 unspecified atom stereocenters. The van der Waals surface area contributed by atoms with Crippen molar-refractivity contribution in [2.24, 2.45) is 11.7 Å². The van der Waals surface area contributed by atoms with E-state index in [1.54, 1.807) is 16.4 Å². The van der Waals surface area contributed by atoms with Crippen molar-refractivity contribution >= 4 is 10.0 Å². The normalized spacial score (nSPS) is 19.6. The number of benzene rings is 1. The highest BCUT2D eigenvalue weighted by atomic mass is 32.2. The van der Waals surface area contributed by atoms with Gasteiger partial charge in [0.2, 0.25) is 10.0 Å². The van der Waals surface area contributed by atoms with Gasteiger partial charge in [-0.2, -0.15) is 4.31 Å². The molecule has 0 saturated heterocycles. The number of sulfonamides is 1. The molecule has 4 nitrogen and oxygen atoms in total. The summed E-state index contributed by atoms with van der Waals surface area (Å²) in [7, 11) is -3.38. The predicted octanol–water partition coefficient (Wildman–Crippen LogP) is 2.02. The quantitative estimate of drug-likeness (QED) is 0.873. The van der Waals surface area contributed by atoms with E-state index >= 15 is 0 Å². The third kappa shape index (κ3) is 2.62. The van der Waals surface area contributed by atoms with Crippen LogP contribution in [0.2, 0.25) is 0 Å². The fraction of sp³-hybridized carbons (Fsp3) is 0.600. The predicted molar refractivity (Wildman–Crippen MR) is 78.7 cm³/mol. The second-order valence-electron chi connectivity index (χ2n) is 5.99. The lowest BCUT2D eigenvalue weighted by atomic mass is 10.1. The molecule has 2 aliphatic rings. The van der Waals surface area contributed by atoms with E-state index in [0.29, 0.717) is 23.9 Å². The lowest BCUT2D eigenvalue weighted by Crippen LogP contribution is -2.35. The van der Waals surface area contributed by atoms with Crippen molar-refractivity contribution < 1.29 is 8.42 Å². The van der Waals surface area contributed by atoms with Gasteiger partial charge in [-0.15, -0.1) is 0 Å². The minimum atomic E-state index is -3.38. The van der Waals surface area contributed by atoms with Crippen LogP contribution in [0.15, 0.2) is 23.1 Å². The standard InChI is InChI=1S/C15H22N2O2S/c1-11-13(9-16)3-2-4-15(11)20(18,19)17(14-7-8-14)10-12-5-6-12/h2-4,12,14H,5-10,16H2,1H3. The highest BCUT2D eigenvalue weighted by molar-refractivity contribution is 7.89. The first-order valence-electron chi connectivity index (χ1n) is 7.34. The summed E-state index contributed by atoms with van der Waals surface area (Å²) in [6.45, 7) is 2.93. The minimum absolute atomic E-state index is 0.224. The van der Waals surface area contributed by atoms with E-state index in [0.717, 1.165) is 24.0 Å². The van der Waals surface area contributed by atoms with Gasteiger partial charge in [-0.05, 0) is 55.7 Å². The Morgan fingerprint density at radius 2 is 1.95 bits per heavy atom. The van der Waals surface area contributed by atoms with Gasteiger partial charge in [-0.3, -0.25) is 0 Å². The van der Waals surface area contributed by atoms with Crippen LogP contribution in [0.4, 0.5) is 0 Å². The van der Waals surface area contributed by atoms with Gasteiger partial charge in [-0.25, -0.2) is 8.42 Å². The van der Waals surface area contributed by atoms with Crippen molar-refractivity contribution in [1.29, 1.82) is 0 Å². The number of hydrogen-bond acceptors (Lipinski definition) is 3. The van der Waals surface area contributed by atoms with Crippen LogP contribution in [0.3, 0.4) is 0 Å². The highest BCUT2D eigenvalue weighted by Gasteiger charge is 2.41. The zero-order valence-electron chi connectivity index (χ0n) is 11.9. The number of hydrogen-bond donors (Lipinski definition) is 1. The Morgan fingerprint density at radius 3 is 2.50 bits per heavy atom. The summed E-state index contributed by atoms with van der Waals surface area (Å²) in [4.78, 5) is 0.438. The van der Waals surface area contributed by atoms with Gasteiger partial charge in [0.05, 0.1) is 4.90 Å². The molecule has 1 aromatic rings. The smallest absolute Gasteiger partial charge is 0.243 e. The molecule has 0 spiro atoms. The van der Waals surface area contributed by atoms with E-state index < -0.39 is 10.0 Å². The van der Waals surface area contributed by atoms with Gasteiger partial charge in [0, 0.05) is 19.1 Å². The Kier molecular flexibility index (Phi) is 3.60. The van der Waals surface area contributed by atoms with Gasteiger partial charge in [0.15, 0.2) is 0 Å². The first-order valence-corrected chi connectivity index (χ1v) is 8.78. The first kappa shape index (κ1) is 14.0. The van der Waals surface area contributed by atoms with Crippen LogP contribution in [0.25, 0.3) is 0 Å². The third-order valence-corrected chi connectivity index (χ3v) is 6.35. The van der Waals surface area contributed by atoms with E-state index in [-0.39, 0.29) is 6.04 Å². The lowest BCUT2D eigenvalue weighted by Gasteiger charge is -2.23. The largest absolute Gasteiger partial charge is 0.326 e. The number of rotatable bonds is 6. The van der Waals surface area contributed by atoms with Gasteiger partial charge < -0.3 is 5.73 Å². The molecule has 2 N–H and O–H groups in total. The molecule has 0 heterocycles. The second-order valence-corrected chi connectivity index (χ2v) is 7.85. The molecule has 0 amide bonds. The van der Waals surface area contributed by atoms with Crippen LogP contribution in [0.5, 0.6) is 0 Å². The molecule has 5 heteroatoms. The summed E-state index contributed by atoms with van der Waals surface area (Å²) in [6, 6.07) is 5.63. The Labute approximate surface area is 121 Å². The van der Waals surface area contributed by atoms with Crippen LogP contribution < -0.4 is 5.73 Å². The van der Waals surface area contributed by atoms with Crippen molar-refractivity contribution in [3.05, 3.63) is 29.3 Å². The molecule has 2 aliphatic carbocycles. The van der Waals surface area contributed by atoms with Crippen molar-refractivity contribution in [2.45, 2.75) is 50.1 Å². The van der Waals surface area contributed by atoms with E-state index in [1.807, 2.05) is 13.0 Å². The topological polar surface area (TPSA) is 63.4 Å². The van der Waals surface area contributed by atoms with Crippen molar-refractivity contribution in [2.75, 3.05) is 6.54 Å². The Balaban J connectivity index is 1.96. The molecule has 110 valence electrons. The zero-order valence-corrected chi connectivity index (χ0v) is 12.7. The molecule has 2 fully saturated rings. The summed E-state index contributed by atoms with van der Waals surface area (Å²) in [6.07, 6.45) is 4.34.